The van der Waals surface area contributed by atoms with E-state index in [1.165, 1.54) is 72.6 Å². The van der Waals surface area contributed by atoms with Gasteiger partial charge in [0.15, 0.2) is 0 Å². The largest absolute Gasteiger partial charge is 0.456 e. The number of furan rings is 1. The van der Waals surface area contributed by atoms with Crippen molar-refractivity contribution in [2.24, 2.45) is 0 Å². The van der Waals surface area contributed by atoms with E-state index in [2.05, 4.69) is 208 Å². The Morgan fingerprint density at radius 2 is 1.13 bits per heavy atom. The van der Waals surface area contributed by atoms with Crippen molar-refractivity contribution in [2.75, 3.05) is 4.90 Å². The van der Waals surface area contributed by atoms with Crippen molar-refractivity contribution in [2.45, 2.75) is 64.7 Å². The fraction of sp³-hybridized carbons (Fsp3) is 0.167. The Morgan fingerprint density at radius 3 is 1.87 bits per heavy atom. The molecule has 1 unspecified atom stereocenters. The zero-order valence-electron chi connectivity index (χ0n) is 36.5. The van der Waals surface area contributed by atoms with Gasteiger partial charge in [-0.3, -0.25) is 0 Å². The van der Waals surface area contributed by atoms with Gasteiger partial charge in [0.1, 0.15) is 11.2 Å². The van der Waals surface area contributed by atoms with Crippen molar-refractivity contribution < 1.29 is 4.42 Å². The Bertz CT molecular complexity index is 3080. The minimum absolute atomic E-state index is 0.119. The summed E-state index contributed by atoms with van der Waals surface area (Å²) in [5, 5.41) is 2.29. The maximum absolute atomic E-state index is 6.15. The minimum atomic E-state index is -0.150. The number of hydrogen-bond acceptors (Lipinski definition) is 2. The van der Waals surface area contributed by atoms with Crippen molar-refractivity contribution in [3.63, 3.8) is 0 Å². The molecule has 0 saturated heterocycles. The van der Waals surface area contributed by atoms with Gasteiger partial charge in [0, 0.05) is 38.7 Å². The van der Waals surface area contributed by atoms with Gasteiger partial charge in [-0.05, 0) is 135 Å². The Balaban J connectivity index is 0.00000226. The summed E-state index contributed by atoms with van der Waals surface area (Å²) in [5.74, 6) is 0. The van der Waals surface area contributed by atoms with Crippen LogP contribution >= 0.6 is 0 Å². The van der Waals surface area contributed by atoms with Crippen molar-refractivity contribution in [3.8, 4) is 33.4 Å². The normalized spacial score (nSPS) is 17.2. The van der Waals surface area contributed by atoms with Gasteiger partial charge in [-0.25, -0.2) is 0 Å². The molecule has 3 aliphatic rings. The second-order valence-electron chi connectivity index (χ2n) is 17.5. The summed E-state index contributed by atoms with van der Waals surface area (Å²) in [6.45, 7) is 11.1. The van der Waals surface area contributed by atoms with E-state index >= 15 is 0 Å². The lowest BCUT2D eigenvalue weighted by atomic mass is 9.76. The van der Waals surface area contributed by atoms with Gasteiger partial charge in [0.25, 0.3) is 0 Å². The van der Waals surface area contributed by atoms with Gasteiger partial charge in [-0.1, -0.05) is 174 Å². The van der Waals surface area contributed by atoms with Crippen molar-refractivity contribution >= 4 is 38.9 Å². The lowest BCUT2D eigenvalue weighted by molar-refractivity contribution is 0.595. The summed E-state index contributed by atoms with van der Waals surface area (Å²) < 4.78 is 6.15. The third kappa shape index (κ3) is 6.85. The molecule has 0 aliphatic heterocycles. The van der Waals surface area contributed by atoms with Crippen molar-refractivity contribution in [3.05, 3.63) is 222 Å². The van der Waals surface area contributed by atoms with E-state index in [1.807, 2.05) is 26.0 Å². The Labute approximate surface area is 366 Å². The Morgan fingerprint density at radius 1 is 0.500 bits per heavy atom. The molecule has 0 saturated carbocycles. The molecule has 0 fully saturated rings. The molecule has 0 radical (unpaired) electrons. The molecule has 304 valence electrons. The quantitative estimate of drug-likeness (QED) is 0.160. The average molecular weight is 804 g/mol. The molecule has 2 nitrogen and oxygen atoms in total. The first-order chi connectivity index (χ1) is 30.3. The maximum atomic E-state index is 6.15. The van der Waals surface area contributed by atoms with E-state index in [0.717, 1.165) is 46.9 Å². The van der Waals surface area contributed by atoms with Gasteiger partial charge in [-0.15, -0.1) is 0 Å². The van der Waals surface area contributed by atoms with E-state index in [-0.39, 0.29) is 10.8 Å². The molecule has 2 heteroatoms. The van der Waals surface area contributed by atoms with Crippen LogP contribution in [0.3, 0.4) is 0 Å². The maximum Gasteiger partial charge on any atom is 0.135 e. The van der Waals surface area contributed by atoms with Gasteiger partial charge in [-0.2, -0.15) is 0 Å². The number of rotatable bonds is 7. The topological polar surface area (TPSA) is 16.4 Å². The van der Waals surface area contributed by atoms with Gasteiger partial charge in [0.2, 0.25) is 0 Å². The van der Waals surface area contributed by atoms with Crippen molar-refractivity contribution in [1.29, 1.82) is 0 Å². The highest BCUT2D eigenvalue weighted by Gasteiger charge is 2.37. The monoisotopic (exact) mass is 803 g/mol. The molecule has 3 aliphatic carbocycles. The summed E-state index contributed by atoms with van der Waals surface area (Å²) in [5.41, 5.74) is 19.3. The molecular formula is C60H53NO. The van der Waals surface area contributed by atoms with Crippen molar-refractivity contribution in [1.82, 2.24) is 0 Å². The van der Waals surface area contributed by atoms with Crippen LogP contribution in [0, 0.1) is 0 Å². The number of hydrogen-bond donors (Lipinski definition) is 0. The average Bonchev–Trinajstić information content (AvgIpc) is 3.82. The number of fused-ring (bicyclic) bond motifs is 6. The van der Waals surface area contributed by atoms with E-state index < -0.39 is 0 Å². The van der Waals surface area contributed by atoms with Crippen LogP contribution in [-0.4, -0.2) is 0 Å². The Hall–Kier alpha value is -6.90. The summed E-state index contributed by atoms with van der Waals surface area (Å²) >= 11 is 0. The summed E-state index contributed by atoms with van der Waals surface area (Å²) in [6, 6.07) is 57.9. The van der Waals surface area contributed by atoms with E-state index in [0.29, 0.717) is 0 Å². The molecule has 1 heterocycles. The second-order valence-corrected chi connectivity index (χ2v) is 17.5. The predicted molar refractivity (Wildman–Crippen MR) is 264 cm³/mol. The van der Waals surface area contributed by atoms with Crippen LogP contribution in [0.5, 0.6) is 0 Å². The SMILES string of the molecule is CC.CC1(c2ccc(-c3ccccc3)cc2)C=CC(N(c2ccc(-c3ccc4oc5ccccc5c4c3)cc2)c2ccc3c(c2)C(C)(C)c2cc(C4=CCCC=C4)ccc2-3)=CC1. The molecule has 0 spiro atoms. The van der Waals surface area contributed by atoms with E-state index in [4.69, 9.17) is 4.42 Å². The third-order valence-corrected chi connectivity index (χ3v) is 13.3. The smallest absolute Gasteiger partial charge is 0.135 e. The summed E-state index contributed by atoms with van der Waals surface area (Å²) in [4.78, 5) is 2.45. The predicted octanol–water partition coefficient (Wildman–Crippen LogP) is 16.9. The van der Waals surface area contributed by atoms with E-state index in [1.54, 1.807) is 0 Å². The molecule has 8 aromatic rings. The number of anilines is 2. The highest BCUT2D eigenvalue weighted by molar-refractivity contribution is 6.06. The Kier molecular flexibility index (Phi) is 10.0. The molecule has 1 atom stereocenters. The molecule has 0 bridgehead atoms. The molecule has 1 aromatic heterocycles. The summed E-state index contributed by atoms with van der Waals surface area (Å²) in [6.07, 6.45) is 17.3. The first-order valence-electron chi connectivity index (χ1n) is 22.4. The number of para-hydroxylation sites is 1. The van der Waals surface area contributed by atoms with Crippen LogP contribution in [0.4, 0.5) is 11.4 Å². The molecular weight excluding hydrogens is 751 g/mol. The number of nitrogens with zero attached hydrogens (tertiary/aromatic N) is 1. The molecule has 7 aromatic carbocycles. The van der Waals surface area contributed by atoms with Gasteiger partial charge in [0.05, 0.1) is 0 Å². The lowest BCUT2D eigenvalue weighted by Crippen LogP contribution is -2.24. The number of benzene rings is 7. The molecule has 0 N–H and O–H groups in total. The molecule has 11 rings (SSSR count). The highest BCUT2D eigenvalue weighted by Crippen LogP contribution is 2.51. The third-order valence-electron chi connectivity index (χ3n) is 13.3. The minimum Gasteiger partial charge on any atom is -0.456 e. The van der Waals surface area contributed by atoms with Crippen LogP contribution in [0.25, 0.3) is 60.9 Å². The lowest BCUT2D eigenvalue weighted by Gasteiger charge is -2.34. The first-order valence-corrected chi connectivity index (χ1v) is 22.4. The van der Waals surface area contributed by atoms with Crippen LogP contribution < -0.4 is 4.90 Å². The summed E-state index contributed by atoms with van der Waals surface area (Å²) in [7, 11) is 0. The first kappa shape index (κ1) is 39.2. The number of allylic oxidation sites excluding steroid dienone is 7. The van der Waals surface area contributed by atoms with Gasteiger partial charge >= 0.3 is 0 Å². The standard InChI is InChI=1S/C58H47NO.C2H6/c1-57(2)53-37-44(40-14-8-5-9-15-40)22-29-49(53)50-30-28-48(38-54(50)57)59(47-32-34-58(3,35-33-47)45-24-18-41(19-25-45)39-12-6-4-7-13-39)46-26-20-42(21-27-46)43-23-31-56-52(36-43)51-16-10-11-17-55(51)60-56;1-2/h4,6-8,10-34,36-38H,5,9,35H2,1-3H3;1-2H3. The zero-order chi connectivity index (χ0) is 42.4. The van der Waals surface area contributed by atoms with Crippen LogP contribution in [0.15, 0.2) is 204 Å². The van der Waals surface area contributed by atoms with Gasteiger partial charge < -0.3 is 9.32 Å². The second kappa shape index (κ2) is 15.9. The highest BCUT2D eigenvalue weighted by atomic mass is 16.3. The zero-order valence-corrected chi connectivity index (χ0v) is 36.5. The van der Waals surface area contributed by atoms with Crippen LogP contribution in [0.2, 0.25) is 0 Å². The molecule has 62 heavy (non-hydrogen) atoms. The van der Waals surface area contributed by atoms with Crippen LogP contribution in [-0.2, 0) is 10.8 Å². The van der Waals surface area contributed by atoms with Crippen LogP contribution in [0.1, 0.15) is 76.1 Å². The van der Waals surface area contributed by atoms with E-state index in [9.17, 15) is 0 Å². The molecule has 0 amide bonds. The fourth-order valence-electron chi connectivity index (χ4n) is 9.80. The fourth-order valence-corrected chi connectivity index (χ4v) is 9.80.